The second-order valence-electron chi connectivity index (χ2n) is 5.21. The van der Waals surface area contributed by atoms with Gasteiger partial charge in [-0.05, 0) is 43.3 Å². The van der Waals surface area contributed by atoms with Gasteiger partial charge < -0.3 is 19.8 Å². The van der Waals surface area contributed by atoms with Gasteiger partial charge in [-0.3, -0.25) is 4.79 Å². The van der Waals surface area contributed by atoms with E-state index in [0.717, 1.165) is 10.9 Å². The van der Waals surface area contributed by atoms with Crippen LogP contribution in [-0.2, 0) is 5.60 Å². The average molecular weight is 284 g/mol. The van der Waals surface area contributed by atoms with Crippen molar-refractivity contribution in [2.45, 2.75) is 12.5 Å². The molecule has 3 aromatic rings. The number of H-pyrrole nitrogens is 1. The number of benzene rings is 1. The van der Waals surface area contributed by atoms with Crippen molar-refractivity contribution in [3.63, 3.8) is 0 Å². The fourth-order valence-electron chi connectivity index (χ4n) is 2.22. The van der Waals surface area contributed by atoms with Crippen molar-refractivity contribution in [3.05, 3.63) is 60.2 Å². The molecule has 0 aliphatic rings. The third-order valence-corrected chi connectivity index (χ3v) is 3.46. The first-order chi connectivity index (χ1) is 10.1. The van der Waals surface area contributed by atoms with Crippen molar-refractivity contribution in [1.29, 1.82) is 0 Å². The van der Waals surface area contributed by atoms with E-state index in [1.807, 2.05) is 24.4 Å². The monoisotopic (exact) mass is 284 g/mol. The third kappa shape index (κ3) is 2.68. The highest BCUT2D eigenvalue weighted by molar-refractivity contribution is 5.98. The van der Waals surface area contributed by atoms with E-state index in [0.29, 0.717) is 11.3 Å². The van der Waals surface area contributed by atoms with Gasteiger partial charge in [0.1, 0.15) is 11.4 Å². The van der Waals surface area contributed by atoms with E-state index in [1.54, 1.807) is 25.1 Å². The minimum absolute atomic E-state index is 0.0739. The Balaban J connectivity index is 1.71. The van der Waals surface area contributed by atoms with E-state index in [2.05, 4.69) is 10.3 Å². The highest BCUT2D eigenvalue weighted by atomic mass is 16.4. The molecule has 2 aromatic heterocycles. The summed E-state index contributed by atoms with van der Waals surface area (Å²) in [6.45, 7) is 1.67. The summed E-state index contributed by atoms with van der Waals surface area (Å²) < 4.78 is 5.18. The predicted molar refractivity (Wildman–Crippen MR) is 78.9 cm³/mol. The first-order valence-corrected chi connectivity index (χ1v) is 6.68. The fraction of sp³-hybridized carbons (Fsp3) is 0.188. The first kappa shape index (κ1) is 13.5. The van der Waals surface area contributed by atoms with Crippen LogP contribution in [0, 0.1) is 0 Å². The summed E-state index contributed by atoms with van der Waals surface area (Å²) in [6, 6.07) is 10.7. The van der Waals surface area contributed by atoms with Gasteiger partial charge in [0, 0.05) is 22.7 Å². The molecular weight excluding hydrogens is 268 g/mol. The Kier molecular flexibility index (Phi) is 3.27. The van der Waals surface area contributed by atoms with Gasteiger partial charge in [0.25, 0.3) is 5.91 Å². The van der Waals surface area contributed by atoms with Crippen molar-refractivity contribution >= 4 is 16.8 Å². The van der Waals surface area contributed by atoms with E-state index >= 15 is 0 Å². The lowest BCUT2D eigenvalue weighted by molar-refractivity contribution is 0.0330. The largest absolute Gasteiger partial charge is 0.466 e. The molecule has 1 atom stereocenters. The van der Waals surface area contributed by atoms with Crippen molar-refractivity contribution in [2.75, 3.05) is 6.54 Å². The minimum atomic E-state index is -1.24. The third-order valence-electron chi connectivity index (χ3n) is 3.46. The summed E-state index contributed by atoms with van der Waals surface area (Å²) in [6.07, 6.45) is 3.32. The number of fused-ring (bicyclic) bond motifs is 1. The number of aromatic amines is 1. The van der Waals surface area contributed by atoms with Gasteiger partial charge in [0.05, 0.1) is 12.8 Å². The molecule has 0 fully saturated rings. The van der Waals surface area contributed by atoms with Crippen LogP contribution in [-0.4, -0.2) is 22.5 Å². The fourth-order valence-corrected chi connectivity index (χ4v) is 2.22. The zero-order chi connectivity index (χ0) is 14.9. The van der Waals surface area contributed by atoms with Crippen molar-refractivity contribution in [1.82, 2.24) is 10.3 Å². The van der Waals surface area contributed by atoms with E-state index in [9.17, 15) is 9.90 Å². The van der Waals surface area contributed by atoms with Crippen LogP contribution in [0.3, 0.4) is 0 Å². The molecule has 3 N–H and O–H groups in total. The smallest absolute Gasteiger partial charge is 0.251 e. The van der Waals surface area contributed by atoms with Gasteiger partial charge >= 0.3 is 0 Å². The summed E-state index contributed by atoms with van der Waals surface area (Å²) in [4.78, 5) is 15.2. The Morgan fingerprint density at radius 1 is 1.38 bits per heavy atom. The SMILES string of the molecule is CC(O)(CNC(=O)c1ccc2[nH]ccc2c1)c1ccco1. The molecule has 0 saturated heterocycles. The second kappa shape index (κ2) is 5.10. The first-order valence-electron chi connectivity index (χ1n) is 6.68. The number of furan rings is 1. The predicted octanol–water partition coefficient (Wildman–Crippen LogP) is 2.40. The maximum Gasteiger partial charge on any atom is 0.251 e. The van der Waals surface area contributed by atoms with Crippen LogP contribution in [0.5, 0.6) is 0 Å². The van der Waals surface area contributed by atoms with E-state index in [4.69, 9.17) is 4.42 Å². The quantitative estimate of drug-likeness (QED) is 0.688. The molecule has 21 heavy (non-hydrogen) atoms. The van der Waals surface area contributed by atoms with Gasteiger partial charge in [-0.25, -0.2) is 0 Å². The van der Waals surface area contributed by atoms with Gasteiger partial charge in [0.15, 0.2) is 0 Å². The topological polar surface area (TPSA) is 78.3 Å². The average Bonchev–Trinajstić information content (AvgIpc) is 3.14. The van der Waals surface area contributed by atoms with Crippen LogP contribution in [0.4, 0.5) is 0 Å². The van der Waals surface area contributed by atoms with Crippen molar-refractivity contribution in [3.8, 4) is 0 Å². The Morgan fingerprint density at radius 3 is 3.00 bits per heavy atom. The summed E-state index contributed by atoms with van der Waals surface area (Å²) in [5.41, 5.74) is 0.295. The standard InChI is InChI=1S/C16H16N2O3/c1-16(20,14-3-2-8-21-14)10-18-15(19)12-4-5-13-11(9-12)6-7-17-13/h2-9,17,20H,10H2,1H3,(H,18,19). The van der Waals surface area contributed by atoms with Crippen LogP contribution in [0.1, 0.15) is 23.0 Å². The highest BCUT2D eigenvalue weighted by Crippen LogP contribution is 2.20. The maximum absolute atomic E-state index is 12.2. The lowest BCUT2D eigenvalue weighted by Gasteiger charge is -2.21. The van der Waals surface area contributed by atoms with Crippen LogP contribution in [0.15, 0.2) is 53.3 Å². The van der Waals surface area contributed by atoms with E-state index < -0.39 is 5.60 Å². The summed E-state index contributed by atoms with van der Waals surface area (Å²) >= 11 is 0. The Hall–Kier alpha value is -2.53. The van der Waals surface area contributed by atoms with Crippen molar-refractivity contribution < 1.29 is 14.3 Å². The molecule has 0 bridgehead atoms. The van der Waals surface area contributed by atoms with Gasteiger partial charge in [-0.15, -0.1) is 0 Å². The van der Waals surface area contributed by atoms with Crippen LogP contribution in [0.25, 0.3) is 10.9 Å². The Bertz CT molecular complexity index is 757. The summed E-state index contributed by atoms with van der Waals surface area (Å²) in [5.74, 6) is 0.189. The minimum Gasteiger partial charge on any atom is -0.466 e. The van der Waals surface area contributed by atoms with Gasteiger partial charge in [-0.2, -0.15) is 0 Å². The number of nitrogens with one attached hydrogen (secondary N) is 2. The molecule has 0 aliphatic heterocycles. The zero-order valence-electron chi connectivity index (χ0n) is 11.6. The number of amides is 1. The van der Waals surface area contributed by atoms with Crippen LogP contribution in [0.2, 0.25) is 0 Å². The molecule has 108 valence electrons. The summed E-state index contributed by atoms with van der Waals surface area (Å²) in [7, 11) is 0. The molecule has 0 spiro atoms. The van der Waals surface area contributed by atoms with Crippen LogP contribution >= 0.6 is 0 Å². The number of hydrogen-bond acceptors (Lipinski definition) is 3. The van der Waals surface area contributed by atoms with E-state index in [-0.39, 0.29) is 12.5 Å². The molecule has 0 aliphatic carbocycles. The summed E-state index contributed by atoms with van der Waals surface area (Å²) in [5, 5.41) is 14.0. The Labute approximate surface area is 121 Å². The Morgan fingerprint density at radius 2 is 2.24 bits per heavy atom. The second-order valence-corrected chi connectivity index (χ2v) is 5.21. The van der Waals surface area contributed by atoms with Crippen LogP contribution < -0.4 is 5.32 Å². The molecule has 1 unspecified atom stereocenters. The normalized spacial score (nSPS) is 14.0. The van der Waals surface area contributed by atoms with E-state index in [1.165, 1.54) is 6.26 Å². The maximum atomic E-state index is 12.2. The molecule has 1 aromatic carbocycles. The zero-order valence-corrected chi connectivity index (χ0v) is 11.6. The lowest BCUT2D eigenvalue weighted by atomic mass is 10.0. The molecule has 2 heterocycles. The molecule has 3 rings (SSSR count). The number of aliphatic hydroxyl groups is 1. The molecule has 5 heteroatoms. The van der Waals surface area contributed by atoms with Gasteiger partial charge in [-0.1, -0.05) is 0 Å². The van der Waals surface area contributed by atoms with Gasteiger partial charge in [0.2, 0.25) is 0 Å². The molecule has 5 nitrogen and oxygen atoms in total. The molecule has 1 amide bonds. The molecule has 0 radical (unpaired) electrons. The number of rotatable bonds is 4. The van der Waals surface area contributed by atoms with Crippen molar-refractivity contribution in [2.24, 2.45) is 0 Å². The number of aromatic nitrogens is 1. The molecule has 0 saturated carbocycles. The molecular formula is C16H16N2O3. The number of carbonyl (C=O) groups excluding carboxylic acids is 1. The highest BCUT2D eigenvalue weighted by Gasteiger charge is 2.26. The number of carbonyl (C=O) groups is 1. The number of hydrogen-bond donors (Lipinski definition) is 3. The lowest BCUT2D eigenvalue weighted by Crippen LogP contribution is -2.38.